The van der Waals surface area contributed by atoms with Gasteiger partial charge in [-0.15, -0.1) is 0 Å². The number of ether oxygens (including phenoxy) is 4. The normalized spacial score (nSPS) is 55.4. The molecular weight excluding hydrogens is 732 g/mol. The summed E-state index contributed by atoms with van der Waals surface area (Å²) in [5.41, 5.74) is -2.95. The lowest BCUT2D eigenvalue weighted by Gasteiger charge is -2.71. The maximum absolute atomic E-state index is 15.0. The zero-order chi connectivity index (χ0) is 41.1. The highest BCUT2D eigenvalue weighted by Gasteiger charge is 2.72. The van der Waals surface area contributed by atoms with E-state index in [-0.39, 0.29) is 23.9 Å². The molecule has 4 saturated carbocycles. The van der Waals surface area contributed by atoms with Gasteiger partial charge >= 0.3 is 5.97 Å². The Morgan fingerprint density at radius 2 is 1.46 bits per heavy atom. The summed E-state index contributed by atoms with van der Waals surface area (Å²) in [6, 6.07) is 0. The summed E-state index contributed by atoms with van der Waals surface area (Å²) in [6.45, 7) is 11.2. The van der Waals surface area contributed by atoms with Gasteiger partial charge in [-0.1, -0.05) is 53.2 Å². The van der Waals surface area contributed by atoms with Gasteiger partial charge in [-0.3, -0.25) is 4.79 Å². The lowest BCUT2D eigenvalue weighted by atomic mass is 9.33. The van der Waals surface area contributed by atoms with Gasteiger partial charge in [-0.25, -0.2) is 0 Å². The Bertz CT molecular complexity index is 1520. The van der Waals surface area contributed by atoms with Crippen molar-refractivity contribution in [2.75, 3.05) is 19.8 Å². The van der Waals surface area contributed by atoms with E-state index in [2.05, 4.69) is 26.8 Å². The molecule has 0 aromatic heterocycles. The van der Waals surface area contributed by atoms with Crippen LogP contribution in [0.1, 0.15) is 92.9 Å². The summed E-state index contributed by atoms with van der Waals surface area (Å²) in [6.07, 6.45) is -11.1. The van der Waals surface area contributed by atoms with Crippen molar-refractivity contribution in [3.63, 3.8) is 0 Å². The molecule has 0 aromatic rings. The lowest BCUT2D eigenvalue weighted by molar-refractivity contribution is -0.352. The Labute approximate surface area is 328 Å². The quantitative estimate of drug-likeness (QED) is 0.124. The average Bonchev–Trinajstić information content (AvgIpc) is 3.15. The minimum atomic E-state index is -1.79. The van der Waals surface area contributed by atoms with Crippen molar-refractivity contribution in [2.45, 2.75) is 167 Å². The van der Waals surface area contributed by atoms with Crippen LogP contribution < -0.4 is 0 Å². The number of aliphatic hydroxyl groups is 10. The van der Waals surface area contributed by atoms with E-state index in [1.165, 1.54) is 0 Å². The second-order valence-electron chi connectivity index (χ2n) is 20.2. The van der Waals surface area contributed by atoms with Crippen LogP contribution in [0.3, 0.4) is 0 Å². The van der Waals surface area contributed by atoms with Gasteiger partial charge in [0.05, 0.1) is 43.5 Å². The first kappa shape index (κ1) is 42.8. The number of fused-ring (bicyclic) bond motifs is 7. The molecule has 0 bridgehead atoms. The van der Waals surface area contributed by atoms with E-state index in [9.17, 15) is 55.9 Å². The zero-order valence-corrected chi connectivity index (χ0v) is 33.5. The smallest absolute Gasteiger partial charge is 0.315 e. The first-order chi connectivity index (χ1) is 26.1. The van der Waals surface area contributed by atoms with E-state index >= 15 is 0 Å². The Kier molecular flexibility index (Phi) is 11.0. The predicted molar refractivity (Wildman–Crippen MR) is 196 cm³/mol. The van der Waals surface area contributed by atoms with Crippen molar-refractivity contribution in [3.8, 4) is 0 Å². The second kappa shape index (κ2) is 14.4. The van der Waals surface area contributed by atoms with Gasteiger partial charge < -0.3 is 70.0 Å². The topological polar surface area (TPSA) is 256 Å². The SMILES string of the molecule is CC1(C)CC[C@]2(C(=O)O[C@@H]3O[C@H](CO)[C@@H](O)[C@H](O)[C@H]3O[C@@H]3OC[C@@H](O)[C@H](O)[C@H]3O)CC[C@]3(C)C(=CC[C@@H]4[C@@]5(C)C[C@@H](O)[C@@H](O)[C@@](C)(CO)[C@@H]5CC[C@]43C)[C@@H]2[C@@H]1O. The summed E-state index contributed by atoms with van der Waals surface area (Å²) >= 11 is 0. The van der Waals surface area contributed by atoms with Crippen molar-refractivity contribution >= 4 is 5.97 Å². The number of carbonyl (C=O) groups is 1. The Morgan fingerprint density at radius 1 is 0.786 bits per heavy atom. The van der Waals surface area contributed by atoms with E-state index in [1.54, 1.807) is 0 Å². The molecule has 0 amide bonds. The van der Waals surface area contributed by atoms with Crippen molar-refractivity contribution < 1.29 is 74.8 Å². The van der Waals surface area contributed by atoms with Gasteiger partial charge in [0.25, 0.3) is 0 Å². The summed E-state index contributed by atoms with van der Waals surface area (Å²) in [7, 11) is 0. The maximum atomic E-state index is 15.0. The highest BCUT2D eigenvalue weighted by atomic mass is 16.8. The summed E-state index contributed by atoms with van der Waals surface area (Å²) in [4.78, 5) is 15.0. The van der Waals surface area contributed by atoms with E-state index in [4.69, 9.17) is 18.9 Å². The second-order valence-corrected chi connectivity index (χ2v) is 20.2. The van der Waals surface area contributed by atoms with Crippen molar-refractivity contribution in [1.82, 2.24) is 0 Å². The van der Waals surface area contributed by atoms with Crippen LogP contribution in [-0.4, -0.2) is 150 Å². The molecule has 2 aliphatic heterocycles. The highest BCUT2D eigenvalue weighted by molar-refractivity contribution is 5.79. The fourth-order valence-electron chi connectivity index (χ4n) is 13.3. The van der Waals surface area contributed by atoms with E-state index in [0.29, 0.717) is 38.5 Å². The van der Waals surface area contributed by atoms with E-state index < -0.39 is 126 Å². The molecule has 6 fully saturated rings. The lowest BCUT2D eigenvalue weighted by Crippen LogP contribution is -2.69. The molecule has 0 unspecified atom stereocenters. The van der Waals surface area contributed by atoms with Gasteiger partial charge in [0, 0.05) is 11.3 Å². The average molecular weight is 799 g/mol. The van der Waals surface area contributed by atoms with Crippen LogP contribution >= 0.6 is 0 Å². The standard InChI is InChI=1S/C41H66O15/c1-36(2)11-13-41(35(52)56-34-30(28(48)27(47)22(16-42)54-34)55-33-29(49)26(46)21(45)17-53-33)14-12-39(5)19(25(41)32(36)51)7-8-24-37(3)15-20(44)31(50)38(4,18-43)23(37)9-10-40(24,39)6/h7,20-34,42-51H,8-18H2,1-6H3/t20-,21-,22-,23-,24-,25-,26+,27-,28+,29-,30-,31-,32+,33+,34+,37+,38+,39-,40-,41+/m1/s1. The van der Waals surface area contributed by atoms with Crippen molar-refractivity contribution in [2.24, 2.45) is 50.2 Å². The number of hydrogen-bond acceptors (Lipinski definition) is 15. The fraction of sp³-hybridized carbons (Fsp3) is 0.927. The van der Waals surface area contributed by atoms with Gasteiger partial charge in [0.2, 0.25) is 6.29 Å². The number of esters is 1. The highest BCUT2D eigenvalue weighted by Crippen LogP contribution is 2.76. The number of allylic oxidation sites excluding steroid dienone is 1. The van der Waals surface area contributed by atoms with Crippen LogP contribution in [0.2, 0.25) is 0 Å². The minimum absolute atomic E-state index is 0.0392. The summed E-state index contributed by atoms with van der Waals surface area (Å²) in [5, 5.41) is 108. The molecule has 0 radical (unpaired) electrons. The third-order valence-electron chi connectivity index (χ3n) is 17.1. The molecule has 7 rings (SSSR count). The van der Waals surface area contributed by atoms with Crippen molar-refractivity contribution in [3.05, 3.63) is 11.6 Å². The maximum Gasteiger partial charge on any atom is 0.315 e. The molecular formula is C41H66O15. The first-order valence-corrected chi connectivity index (χ1v) is 20.6. The number of carbonyl (C=O) groups excluding carboxylic acids is 1. The largest absolute Gasteiger partial charge is 0.432 e. The van der Waals surface area contributed by atoms with Crippen LogP contribution in [0, 0.1) is 50.2 Å². The number of aliphatic hydroxyl groups excluding tert-OH is 10. The molecule has 2 saturated heterocycles. The first-order valence-electron chi connectivity index (χ1n) is 20.6. The number of rotatable bonds is 6. The summed E-state index contributed by atoms with van der Waals surface area (Å²) in [5.74, 6) is -1.35. The number of hydrogen-bond donors (Lipinski definition) is 10. The van der Waals surface area contributed by atoms with Gasteiger partial charge in [-0.2, -0.15) is 0 Å². The van der Waals surface area contributed by atoms with Crippen LogP contribution in [0.15, 0.2) is 11.6 Å². The van der Waals surface area contributed by atoms with E-state index in [0.717, 1.165) is 18.4 Å². The molecule has 7 aliphatic rings. The zero-order valence-electron chi connectivity index (χ0n) is 33.5. The minimum Gasteiger partial charge on any atom is -0.432 e. The predicted octanol–water partition coefficient (Wildman–Crippen LogP) is -0.131. The van der Waals surface area contributed by atoms with Crippen LogP contribution in [0.25, 0.3) is 0 Å². The monoisotopic (exact) mass is 798 g/mol. The molecule has 56 heavy (non-hydrogen) atoms. The molecule has 15 nitrogen and oxygen atoms in total. The summed E-state index contributed by atoms with van der Waals surface area (Å²) < 4.78 is 23.3. The van der Waals surface area contributed by atoms with Crippen LogP contribution in [0.5, 0.6) is 0 Å². The van der Waals surface area contributed by atoms with Gasteiger partial charge in [-0.05, 0) is 84.9 Å². The van der Waals surface area contributed by atoms with Gasteiger partial charge in [0.1, 0.15) is 36.6 Å². The molecule has 15 heteroatoms. The Morgan fingerprint density at radius 3 is 2.12 bits per heavy atom. The molecule has 2 heterocycles. The molecule has 20 atom stereocenters. The molecule has 10 N–H and O–H groups in total. The molecule has 5 aliphatic carbocycles. The third-order valence-corrected chi connectivity index (χ3v) is 17.1. The fourth-order valence-corrected chi connectivity index (χ4v) is 13.3. The molecule has 0 spiro atoms. The van der Waals surface area contributed by atoms with Crippen molar-refractivity contribution in [1.29, 1.82) is 0 Å². The van der Waals surface area contributed by atoms with Crippen LogP contribution in [-0.2, 0) is 23.7 Å². The third kappa shape index (κ3) is 5.96. The Balaban J connectivity index is 1.24. The van der Waals surface area contributed by atoms with Gasteiger partial charge in [0.15, 0.2) is 12.4 Å². The molecule has 320 valence electrons. The Hall–Kier alpha value is -1.31. The molecule has 0 aromatic carbocycles. The van der Waals surface area contributed by atoms with Crippen LogP contribution in [0.4, 0.5) is 0 Å². The van der Waals surface area contributed by atoms with E-state index in [1.807, 2.05) is 20.8 Å².